The lowest BCUT2D eigenvalue weighted by Gasteiger charge is -2.32. The summed E-state index contributed by atoms with van der Waals surface area (Å²) in [5.74, 6) is 0.0757. The van der Waals surface area contributed by atoms with Gasteiger partial charge in [-0.2, -0.15) is 40.5 Å². The quantitative estimate of drug-likeness (QED) is 0.456. The average molecular weight is 618 g/mol. The van der Waals surface area contributed by atoms with Crippen LogP contribution in [0.5, 0.6) is 0 Å². The first kappa shape index (κ1) is 38.8. The van der Waals surface area contributed by atoms with Gasteiger partial charge in [-0.25, -0.2) is 0 Å². The summed E-state index contributed by atoms with van der Waals surface area (Å²) in [6, 6.07) is 6.47. The molecule has 4 atom stereocenters. The number of methoxy groups -OCH3 is 1. The van der Waals surface area contributed by atoms with E-state index in [1.807, 2.05) is 26.0 Å². The number of nitrogens with one attached hydrogen (secondary N) is 1. The maximum atomic E-state index is 13.6. The number of ketones is 1. The average Bonchev–Trinajstić information content (AvgIpc) is 3.44. The highest BCUT2D eigenvalue weighted by molar-refractivity contribution is 7.59. The van der Waals surface area contributed by atoms with Gasteiger partial charge in [-0.3, -0.25) is 14.4 Å². The Labute approximate surface area is 261 Å². The zero-order valence-corrected chi connectivity index (χ0v) is 26.6. The van der Waals surface area contributed by atoms with Crippen molar-refractivity contribution < 1.29 is 23.9 Å². The van der Waals surface area contributed by atoms with Crippen LogP contribution in [0, 0.1) is 5.92 Å². The maximum Gasteiger partial charge on any atom is 0.251 e. The van der Waals surface area contributed by atoms with Crippen molar-refractivity contribution in [2.24, 2.45) is 5.92 Å². The van der Waals surface area contributed by atoms with Crippen molar-refractivity contribution in [1.29, 1.82) is 0 Å². The Hall–Kier alpha value is -1.24. The number of amides is 2. The van der Waals surface area contributed by atoms with Crippen molar-refractivity contribution in [1.82, 2.24) is 15.1 Å². The molecule has 0 aromatic heterocycles. The summed E-state index contributed by atoms with van der Waals surface area (Å²) in [5.41, 5.74) is 1.81. The molecule has 0 aliphatic carbocycles. The van der Waals surface area contributed by atoms with Crippen LogP contribution in [0.3, 0.4) is 0 Å². The van der Waals surface area contributed by atoms with Gasteiger partial charge in [0, 0.05) is 12.7 Å². The van der Waals surface area contributed by atoms with Crippen LogP contribution >= 0.6 is 40.5 Å². The normalized spacial score (nSPS) is 23.3. The molecule has 0 spiro atoms. The molecule has 2 amide bonds. The fourth-order valence-corrected chi connectivity index (χ4v) is 5.89. The molecule has 0 unspecified atom stereocenters. The van der Waals surface area contributed by atoms with E-state index in [-0.39, 0.29) is 90.7 Å². The van der Waals surface area contributed by atoms with Crippen molar-refractivity contribution >= 4 is 58.1 Å². The van der Waals surface area contributed by atoms with Crippen molar-refractivity contribution in [3.63, 3.8) is 0 Å². The number of likely N-dealkylation sites (tertiary alicyclic amines) is 2. The molecular weight excluding hydrogens is 567 g/mol. The van der Waals surface area contributed by atoms with E-state index in [2.05, 4.69) is 29.3 Å². The number of hydrogen-bond acceptors (Lipinski definition) is 6. The maximum absolute atomic E-state index is 13.6. The van der Waals surface area contributed by atoms with Gasteiger partial charge in [0.05, 0.1) is 6.54 Å². The molecule has 11 heteroatoms. The van der Waals surface area contributed by atoms with E-state index >= 15 is 0 Å². The third-order valence-electron chi connectivity index (χ3n) is 7.81. The summed E-state index contributed by atoms with van der Waals surface area (Å²) < 4.78 is 11.1. The summed E-state index contributed by atoms with van der Waals surface area (Å²) in [6.45, 7) is 9.93. The van der Waals surface area contributed by atoms with Crippen LogP contribution in [0.4, 0.5) is 0 Å². The van der Waals surface area contributed by atoms with Gasteiger partial charge in [-0.05, 0) is 74.8 Å². The molecule has 3 aliphatic heterocycles. The summed E-state index contributed by atoms with van der Waals surface area (Å²) in [5, 5.41) is 2.96. The smallest absolute Gasteiger partial charge is 0.251 e. The number of carbonyl (C=O) groups excluding carboxylic acids is 3. The van der Waals surface area contributed by atoms with E-state index in [1.165, 1.54) is 12.0 Å². The van der Waals surface area contributed by atoms with Crippen molar-refractivity contribution in [3.05, 3.63) is 35.4 Å². The Bertz CT molecular complexity index is 941. The Morgan fingerprint density at radius 1 is 1.10 bits per heavy atom. The molecule has 0 bridgehead atoms. The summed E-state index contributed by atoms with van der Waals surface area (Å²) in [4.78, 5) is 43.3. The van der Waals surface area contributed by atoms with Gasteiger partial charge in [0.25, 0.3) is 5.91 Å². The number of benzene rings is 1. The van der Waals surface area contributed by atoms with E-state index in [4.69, 9.17) is 9.47 Å². The van der Waals surface area contributed by atoms with E-state index in [0.29, 0.717) is 17.9 Å². The van der Waals surface area contributed by atoms with E-state index in [9.17, 15) is 14.4 Å². The number of hydrogen-bond donors (Lipinski definition) is 1. The largest absolute Gasteiger partial charge is 0.377 e. The highest BCUT2D eigenvalue weighted by Gasteiger charge is 2.53. The zero-order valence-electron chi connectivity index (χ0n) is 23.6. The highest BCUT2D eigenvalue weighted by Crippen LogP contribution is 2.31. The molecular formula is C29H51N3O5S3. The van der Waals surface area contributed by atoms with E-state index < -0.39 is 18.2 Å². The molecule has 8 nitrogen and oxygen atoms in total. The lowest BCUT2D eigenvalue weighted by Crippen LogP contribution is -2.52. The van der Waals surface area contributed by atoms with Crippen LogP contribution in [-0.4, -0.2) is 91.6 Å². The molecule has 0 radical (unpaired) electrons. The van der Waals surface area contributed by atoms with Gasteiger partial charge in [0.2, 0.25) is 5.91 Å². The number of carbonyl (C=O) groups is 3. The Morgan fingerprint density at radius 2 is 1.73 bits per heavy atom. The fraction of sp³-hybridized carbons (Fsp3) is 0.690. The van der Waals surface area contributed by atoms with Crippen LogP contribution < -0.4 is 5.32 Å². The Balaban J connectivity index is 0.00000380. The number of fused-ring (bicyclic) bond motifs is 1. The lowest BCUT2D eigenvalue weighted by atomic mass is 9.89. The van der Waals surface area contributed by atoms with Crippen molar-refractivity contribution in [3.8, 4) is 0 Å². The van der Waals surface area contributed by atoms with E-state index in [0.717, 1.165) is 32.5 Å². The van der Waals surface area contributed by atoms with Crippen LogP contribution in [0.15, 0.2) is 24.3 Å². The second-order valence-corrected chi connectivity index (χ2v) is 10.8. The van der Waals surface area contributed by atoms with Gasteiger partial charge in [0.1, 0.15) is 30.9 Å². The molecule has 0 saturated carbocycles. The van der Waals surface area contributed by atoms with Crippen LogP contribution in [-0.2, 0) is 19.1 Å². The van der Waals surface area contributed by atoms with Crippen molar-refractivity contribution in [2.45, 2.75) is 84.1 Å². The molecule has 3 aliphatic rings. The first-order chi connectivity index (χ1) is 17.3. The fourth-order valence-electron chi connectivity index (χ4n) is 5.89. The highest BCUT2D eigenvalue weighted by atomic mass is 32.1. The van der Waals surface area contributed by atoms with Gasteiger partial charge >= 0.3 is 0 Å². The molecule has 40 heavy (non-hydrogen) atoms. The van der Waals surface area contributed by atoms with Gasteiger partial charge in [0.15, 0.2) is 5.78 Å². The number of rotatable bonds is 9. The Morgan fingerprint density at radius 3 is 2.27 bits per heavy atom. The Kier molecular flexibility index (Phi) is 17.1. The zero-order chi connectivity index (χ0) is 25.8. The van der Waals surface area contributed by atoms with E-state index in [1.54, 1.807) is 12.0 Å². The third kappa shape index (κ3) is 8.88. The summed E-state index contributed by atoms with van der Waals surface area (Å²) >= 11 is 0. The molecule has 1 aromatic rings. The standard InChI is InChI=1S/C28H41N3O5.CH4.3H2S/c1-5-12-30-13-10-20(11-14-30)19-6-8-21(9-7-19)27(33)29-22(15-18(2)3)28(34)31-16-24(35-4)26-25(31)23(32)17-36-26;;;;/h6-9,18,20,22,24-26H,5,10-17H2,1-4H3,(H,29,33);1H4;3*1H2/t22-,24+,25+,26+;;;;/m0..../s1. The topological polar surface area (TPSA) is 88.2 Å². The molecule has 230 valence electrons. The van der Waals surface area contributed by atoms with Crippen LogP contribution in [0.25, 0.3) is 0 Å². The summed E-state index contributed by atoms with van der Waals surface area (Å²) in [6.07, 6.45) is 3.16. The number of ether oxygens (including phenoxy) is 2. The second kappa shape index (κ2) is 17.7. The molecule has 3 heterocycles. The second-order valence-electron chi connectivity index (χ2n) is 10.8. The van der Waals surface area contributed by atoms with Gasteiger partial charge in [-0.1, -0.05) is 40.3 Å². The predicted octanol–water partition coefficient (Wildman–Crippen LogP) is 3.59. The minimum Gasteiger partial charge on any atom is -0.377 e. The number of nitrogens with zero attached hydrogens (tertiary/aromatic N) is 2. The molecule has 4 rings (SSSR count). The molecule has 1 aromatic carbocycles. The van der Waals surface area contributed by atoms with Gasteiger partial charge < -0.3 is 24.6 Å². The number of piperidine rings is 1. The monoisotopic (exact) mass is 617 g/mol. The van der Waals surface area contributed by atoms with Gasteiger partial charge in [-0.15, -0.1) is 0 Å². The number of Topliss-reactive ketones (excluding diaryl/α,β-unsaturated/α-hetero) is 1. The SMILES string of the molecule is C.CCCN1CCC(c2ccc(C(=O)N[C@@H](CC(C)C)C(=O)N3C[C@@H](OC)[C@H]4OCC(=O)[C@H]43)cc2)CC1.S.S.S. The molecule has 1 N–H and O–H groups in total. The van der Waals surface area contributed by atoms with Crippen molar-refractivity contribution in [2.75, 3.05) is 39.9 Å². The minimum absolute atomic E-state index is 0. The molecule has 3 fully saturated rings. The first-order valence-corrected chi connectivity index (χ1v) is 13.4. The van der Waals surface area contributed by atoms with Crippen LogP contribution in [0.1, 0.15) is 75.7 Å². The van der Waals surface area contributed by atoms with Crippen LogP contribution in [0.2, 0.25) is 0 Å². The predicted molar refractivity (Wildman–Crippen MR) is 175 cm³/mol. The molecule has 3 saturated heterocycles. The minimum atomic E-state index is -0.718. The lowest BCUT2D eigenvalue weighted by molar-refractivity contribution is -0.138. The third-order valence-corrected chi connectivity index (χ3v) is 7.81. The first-order valence-electron chi connectivity index (χ1n) is 13.4. The summed E-state index contributed by atoms with van der Waals surface area (Å²) in [7, 11) is 1.56.